The molecule has 0 aromatic rings. The van der Waals surface area contributed by atoms with Crippen LogP contribution in [0.15, 0.2) is 0 Å². The van der Waals surface area contributed by atoms with Gasteiger partial charge in [0.15, 0.2) is 0 Å². The van der Waals surface area contributed by atoms with Crippen LogP contribution in [0, 0.1) is 0 Å². The van der Waals surface area contributed by atoms with Crippen molar-refractivity contribution in [2.45, 2.75) is 45.6 Å². The summed E-state index contributed by atoms with van der Waals surface area (Å²) >= 11 is 5.74. The molecule has 0 aromatic heterocycles. The zero-order valence-electron chi connectivity index (χ0n) is 10.7. The summed E-state index contributed by atoms with van der Waals surface area (Å²) in [6.45, 7) is 5.76. The Morgan fingerprint density at radius 2 is 1.76 bits per heavy atom. The average Bonchev–Trinajstić information content (AvgIpc) is 2.83. The van der Waals surface area contributed by atoms with Crippen molar-refractivity contribution in [1.82, 2.24) is 8.61 Å². The molecule has 1 saturated heterocycles. The fraction of sp³-hybridized carbons (Fsp3) is 1.00. The van der Waals surface area contributed by atoms with Gasteiger partial charge in [-0.3, -0.25) is 0 Å². The van der Waals surface area contributed by atoms with Gasteiger partial charge in [-0.05, 0) is 25.7 Å². The Kier molecular flexibility index (Phi) is 6.20. The Hall–Kier alpha value is 0.160. The van der Waals surface area contributed by atoms with E-state index in [0.717, 1.165) is 25.7 Å². The SMILES string of the molecule is CCC(CC)N(CCCl)S(=O)(=O)N1CCCC1. The van der Waals surface area contributed by atoms with Crippen LogP contribution in [0.4, 0.5) is 0 Å². The number of hydrogen-bond acceptors (Lipinski definition) is 2. The van der Waals surface area contributed by atoms with Crippen LogP contribution in [0.3, 0.4) is 0 Å². The molecular weight excluding hydrogens is 260 g/mol. The van der Waals surface area contributed by atoms with Gasteiger partial charge >= 0.3 is 0 Å². The fourth-order valence-corrected chi connectivity index (χ4v) is 4.63. The molecule has 0 unspecified atom stereocenters. The number of nitrogens with zero attached hydrogens (tertiary/aromatic N) is 2. The van der Waals surface area contributed by atoms with E-state index in [4.69, 9.17) is 11.6 Å². The van der Waals surface area contributed by atoms with Crippen molar-refractivity contribution in [3.05, 3.63) is 0 Å². The van der Waals surface area contributed by atoms with Gasteiger partial charge in [0.2, 0.25) is 0 Å². The molecule has 1 rings (SSSR count). The van der Waals surface area contributed by atoms with Gasteiger partial charge in [0, 0.05) is 31.6 Å². The van der Waals surface area contributed by atoms with E-state index < -0.39 is 10.2 Å². The highest BCUT2D eigenvalue weighted by molar-refractivity contribution is 7.86. The molecule has 0 aliphatic carbocycles. The molecule has 0 radical (unpaired) electrons. The van der Waals surface area contributed by atoms with E-state index in [1.54, 1.807) is 8.61 Å². The molecule has 0 N–H and O–H groups in total. The lowest BCUT2D eigenvalue weighted by atomic mass is 10.2. The first kappa shape index (κ1) is 15.2. The first-order chi connectivity index (χ1) is 8.07. The summed E-state index contributed by atoms with van der Waals surface area (Å²) in [4.78, 5) is 0. The summed E-state index contributed by atoms with van der Waals surface area (Å²) in [6.07, 6.45) is 3.61. The monoisotopic (exact) mass is 282 g/mol. The molecular formula is C11H23ClN2O2S. The number of rotatable bonds is 7. The normalized spacial score (nSPS) is 18.4. The van der Waals surface area contributed by atoms with Crippen molar-refractivity contribution in [1.29, 1.82) is 0 Å². The van der Waals surface area contributed by atoms with Gasteiger partial charge in [0.05, 0.1) is 0 Å². The van der Waals surface area contributed by atoms with Crippen LogP contribution in [0.5, 0.6) is 0 Å². The molecule has 0 aromatic carbocycles. The maximum absolute atomic E-state index is 12.5. The van der Waals surface area contributed by atoms with Crippen molar-refractivity contribution in [3.8, 4) is 0 Å². The maximum atomic E-state index is 12.5. The van der Waals surface area contributed by atoms with Gasteiger partial charge in [-0.1, -0.05) is 13.8 Å². The highest BCUT2D eigenvalue weighted by atomic mass is 35.5. The highest BCUT2D eigenvalue weighted by Crippen LogP contribution is 2.21. The third-order valence-corrected chi connectivity index (χ3v) is 5.60. The molecule has 0 saturated carbocycles. The lowest BCUT2D eigenvalue weighted by Gasteiger charge is -2.32. The molecule has 6 heteroatoms. The van der Waals surface area contributed by atoms with Crippen LogP contribution in [0.2, 0.25) is 0 Å². The lowest BCUT2D eigenvalue weighted by molar-refractivity contribution is 0.290. The fourth-order valence-electron chi connectivity index (χ4n) is 2.33. The van der Waals surface area contributed by atoms with Crippen molar-refractivity contribution in [2.24, 2.45) is 0 Å². The molecule has 1 aliphatic heterocycles. The third-order valence-electron chi connectivity index (χ3n) is 3.34. The van der Waals surface area contributed by atoms with E-state index >= 15 is 0 Å². The van der Waals surface area contributed by atoms with Gasteiger partial charge in [0.1, 0.15) is 0 Å². The molecule has 1 fully saturated rings. The number of alkyl halides is 1. The zero-order chi connectivity index (χ0) is 12.9. The molecule has 0 spiro atoms. The van der Waals surface area contributed by atoms with Crippen LogP contribution in [0.1, 0.15) is 39.5 Å². The van der Waals surface area contributed by atoms with Crippen LogP contribution in [-0.2, 0) is 10.2 Å². The quantitative estimate of drug-likeness (QED) is 0.671. The Balaban J connectivity index is 2.87. The van der Waals surface area contributed by atoms with Gasteiger partial charge in [-0.25, -0.2) is 0 Å². The smallest absolute Gasteiger partial charge is 0.195 e. The van der Waals surface area contributed by atoms with E-state index in [-0.39, 0.29) is 6.04 Å². The number of hydrogen-bond donors (Lipinski definition) is 0. The van der Waals surface area contributed by atoms with Gasteiger partial charge in [-0.2, -0.15) is 17.0 Å². The van der Waals surface area contributed by atoms with Crippen molar-refractivity contribution in [3.63, 3.8) is 0 Å². The summed E-state index contributed by atoms with van der Waals surface area (Å²) in [5.74, 6) is 0.351. The minimum atomic E-state index is -3.30. The molecule has 102 valence electrons. The summed E-state index contributed by atoms with van der Waals surface area (Å²) in [5.41, 5.74) is 0. The Morgan fingerprint density at radius 3 is 2.18 bits per heavy atom. The predicted molar refractivity (Wildman–Crippen MR) is 71.5 cm³/mol. The lowest BCUT2D eigenvalue weighted by Crippen LogP contribution is -2.48. The van der Waals surface area contributed by atoms with Gasteiger partial charge in [-0.15, -0.1) is 11.6 Å². The predicted octanol–water partition coefficient (Wildman–Crippen LogP) is 2.06. The second-order valence-corrected chi connectivity index (χ2v) is 6.64. The molecule has 17 heavy (non-hydrogen) atoms. The first-order valence-corrected chi connectivity index (χ1v) is 8.33. The van der Waals surface area contributed by atoms with Gasteiger partial charge in [0.25, 0.3) is 10.2 Å². The van der Waals surface area contributed by atoms with Crippen LogP contribution in [0.25, 0.3) is 0 Å². The average molecular weight is 283 g/mol. The standard InChI is InChI=1S/C11H23ClN2O2S/c1-3-11(4-2)14(10-7-12)17(15,16)13-8-5-6-9-13/h11H,3-10H2,1-2H3. The zero-order valence-corrected chi connectivity index (χ0v) is 12.3. The second kappa shape index (κ2) is 6.92. The Labute approximate surface area is 110 Å². The minimum absolute atomic E-state index is 0.0688. The van der Waals surface area contributed by atoms with Crippen LogP contribution >= 0.6 is 11.6 Å². The molecule has 0 atom stereocenters. The van der Waals surface area contributed by atoms with Crippen molar-refractivity contribution >= 4 is 21.8 Å². The molecule has 1 heterocycles. The third kappa shape index (κ3) is 3.56. The maximum Gasteiger partial charge on any atom is 0.282 e. The van der Waals surface area contributed by atoms with E-state index in [1.165, 1.54) is 0 Å². The van der Waals surface area contributed by atoms with E-state index in [9.17, 15) is 8.42 Å². The Bertz CT molecular complexity index is 311. The van der Waals surface area contributed by atoms with E-state index in [1.807, 2.05) is 13.8 Å². The van der Waals surface area contributed by atoms with E-state index in [0.29, 0.717) is 25.5 Å². The molecule has 0 bridgehead atoms. The first-order valence-electron chi connectivity index (χ1n) is 6.40. The minimum Gasteiger partial charge on any atom is -0.195 e. The van der Waals surface area contributed by atoms with Crippen LogP contribution in [-0.4, -0.2) is 48.6 Å². The second-order valence-electron chi connectivity index (χ2n) is 4.38. The summed E-state index contributed by atoms with van der Waals surface area (Å²) in [7, 11) is -3.30. The summed E-state index contributed by atoms with van der Waals surface area (Å²) in [6, 6.07) is 0.0688. The molecule has 0 amide bonds. The molecule has 4 nitrogen and oxygen atoms in total. The van der Waals surface area contributed by atoms with E-state index in [2.05, 4.69) is 0 Å². The number of halogens is 1. The van der Waals surface area contributed by atoms with Crippen LogP contribution < -0.4 is 0 Å². The van der Waals surface area contributed by atoms with Crippen molar-refractivity contribution < 1.29 is 8.42 Å². The summed E-state index contributed by atoms with van der Waals surface area (Å²) < 4.78 is 28.1. The topological polar surface area (TPSA) is 40.6 Å². The highest BCUT2D eigenvalue weighted by Gasteiger charge is 2.34. The van der Waals surface area contributed by atoms with Crippen molar-refractivity contribution in [2.75, 3.05) is 25.5 Å². The largest absolute Gasteiger partial charge is 0.282 e. The summed E-state index contributed by atoms with van der Waals surface area (Å²) in [5, 5.41) is 0. The Morgan fingerprint density at radius 1 is 1.24 bits per heavy atom. The molecule has 1 aliphatic rings. The van der Waals surface area contributed by atoms with Gasteiger partial charge < -0.3 is 0 Å².